The molecule has 0 radical (unpaired) electrons. The number of nitrogens with zero attached hydrogens (tertiary/aromatic N) is 1. The van der Waals surface area contributed by atoms with Crippen molar-refractivity contribution in [1.82, 2.24) is 4.98 Å². The number of hydrogen-bond acceptors (Lipinski definition) is 5. The van der Waals surface area contributed by atoms with Gasteiger partial charge in [0.2, 0.25) is 0 Å². The Morgan fingerprint density at radius 2 is 1.76 bits per heavy atom. The smallest absolute Gasteiger partial charge is 0.252 e. The molecule has 0 unspecified atom stereocenters. The first-order chi connectivity index (χ1) is 15.9. The highest BCUT2D eigenvalue weighted by Gasteiger charge is 2.18. The van der Waals surface area contributed by atoms with Crippen LogP contribution in [0.5, 0.6) is 17.2 Å². The number of amides is 1. The number of aromatic nitrogens is 1. The molecule has 0 aliphatic heterocycles. The molecule has 33 heavy (non-hydrogen) atoms. The maximum absolute atomic E-state index is 11.5. The summed E-state index contributed by atoms with van der Waals surface area (Å²) >= 11 is 0. The molecule has 1 aromatic heterocycles. The summed E-state index contributed by atoms with van der Waals surface area (Å²) in [5.74, 6) is 0.0791. The molecule has 3 rings (SSSR count). The molecule has 0 aliphatic carbocycles. The summed E-state index contributed by atoms with van der Waals surface area (Å²) in [6, 6.07) is 12.7. The van der Waals surface area contributed by atoms with Gasteiger partial charge in [-0.3, -0.25) is 9.78 Å². The van der Waals surface area contributed by atoms with E-state index in [1.807, 2.05) is 13.0 Å². The van der Waals surface area contributed by atoms with E-state index in [1.54, 1.807) is 6.07 Å². The molecule has 2 aromatic carbocycles. The number of phenols is 1. The summed E-state index contributed by atoms with van der Waals surface area (Å²) in [6.07, 6.45) is 2.70. The summed E-state index contributed by atoms with van der Waals surface area (Å²) in [4.78, 5) is 16.4. The van der Waals surface area contributed by atoms with Gasteiger partial charge in [0.1, 0.15) is 17.2 Å². The van der Waals surface area contributed by atoms with Crippen LogP contribution >= 0.6 is 0 Å². The molecule has 0 bridgehead atoms. The number of carbonyl (C=O) groups is 1. The molecular weight excluding hydrogens is 416 g/mol. The summed E-state index contributed by atoms with van der Waals surface area (Å²) < 4.78 is 12.0. The maximum atomic E-state index is 11.5. The Morgan fingerprint density at radius 3 is 2.33 bits per heavy atom. The van der Waals surface area contributed by atoms with Crippen LogP contribution < -0.4 is 10.5 Å². The molecule has 6 heteroatoms. The minimum absolute atomic E-state index is 0.0462. The van der Waals surface area contributed by atoms with Crippen molar-refractivity contribution < 1.29 is 19.4 Å². The van der Waals surface area contributed by atoms with Gasteiger partial charge < -0.3 is 20.3 Å². The van der Waals surface area contributed by atoms with Crippen LogP contribution in [-0.2, 0) is 24.2 Å². The summed E-state index contributed by atoms with van der Waals surface area (Å²) in [5.41, 5.74) is 11.4. The lowest BCUT2D eigenvalue weighted by Gasteiger charge is -2.18. The molecule has 1 heterocycles. The van der Waals surface area contributed by atoms with E-state index >= 15 is 0 Å². The molecule has 3 N–H and O–H groups in total. The molecule has 0 fully saturated rings. The Kier molecular flexibility index (Phi) is 8.06. The third-order valence-corrected chi connectivity index (χ3v) is 5.60. The second-order valence-corrected chi connectivity index (χ2v) is 7.93. The molecule has 3 aromatic rings. The van der Waals surface area contributed by atoms with Gasteiger partial charge in [0, 0.05) is 35.6 Å². The molecule has 0 aliphatic rings. The van der Waals surface area contributed by atoms with Crippen LogP contribution in [0.15, 0.2) is 42.5 Å². The number of aryl methyl sites for hydroxylation is 3. The van der Waals surface area contributed by atoms with Crippen molar-refractivity contribution in [2.75, 3.05) is 6.61 Å². The largest absolute Gasteiger partial charge is 0.507 e. The molecule has 0 spiro atoms. The Labute approximate surface area is 195 Å². The van der Waals surface area contributed by atoms with Gasteiger partial charge in [-0.2, -0.15) is 0 Å². The van der Waals surface area contributed by atoms with Gasteiger partial charge in [0.25, 0.3) is 5.91 Å². The number of pyridine rings is 1. The predicted molar refractivity (Wildman–Crippen MR) is 130 cm³/mol. The van der Waals surface area contributed by atoms with E-state index in [-0.39, 0.29) is 11.3 Å². The first kappa shape index (κ1) is 24.3. The summed E-state index contributed by atoms with van der Waals surface area (Å²) in [6.45, 7) is 9.28. The van der Waals surface area contributed by atoms with Crippen molar-refractivity contribution in [2.24, 2.45) is 5.73 Å². The van der Waals surface area contributed by atoms with Crippen LogP contribution in [0, 0.1) is 6.92 Å². The number of nitrogens with two attached hydrogens (primary N) is 1. The monoisotopic (exact) mass is 448 g/mol. The van der Waals surface area contributed by atoms with E-state index < -0.39 is 5.91 Å². The number of primary amides is 1. The van der Waals surface area contributed by atoms with Crippen molar-refractivity contribution in [2.45, 2.75) is 53.6 Å². The highest BCUT2D eigenvalue weighted by atomic mass is 16.5. The van der Waals surface area contributed by atoms with Crippen LogP contribution in [0.3, 0.4) is 0 Å². The average Bonchev–Trinajstić information content (AvgIpc) is 2.79. The van der Waals surface area contributed by atoms with E-state index in [2.05, 4.69) is 39.0 Å². The summed E-state index contributed by atoms with van der Waals surface area (Å²) in [7, 11) is 0. The van der Waals surface area contributed by atoms with Gasteiger partial charge in [-0.05, 0) is 49.4 Å². The zero-order valence-corrected chi connectivity index (χ0v) is 19.8. The fourth-order valence-electron chi connectivity index (χ4n) is 3.87. The minimum atomic E-state index is -0.696. The quantitative estimate of drug-likeness (QED) is 0.388. The van der Waals surface area contributed by atoms with Gasteiger partial charge in [-0.1, -0.05) is 39.0 Å². The topological polar surface area (TPSA) is 94.7 Å². The van der Waals surface area contributed by atoms with Crippen molar-refractivity contribution in [1.29, 1.82) is 0 Å². The lowest BCUT2D eigenvalue weighted by molar-refractivity contribution is 0.0997. The van der Waals surface area contributed by atoms with Crippen molar-refractivity contribution in [3.63, 3.8) is 0 Å². The standard InChI is InChI=1S/C27H32N2O4/c1-5-13-32-16-22-17(4)29-23(26-18(6-2)9-8-10-19(26)7-3)15-25(22)33-20-11-12-21(27(28)31)24(30)14-20/h8-12,14-15,30H,5-7,13,16H2,1-4H3,(H2,28,31). The molecule has 174 valence electrons. The summed E-state index contributed by atoms with van der Waals surface area (Å²) in [5, 5.41) is 10.2. The van der Waals surface area contributed by atoms with Gasteiger partial charge in [-0.25, -0.2) is 0 Å². The maximum Gasteiger partial charge on any atom is 0.252 e. The first-order valence-corrected chi connectivity index (χ1v) is 11.4. The Balaban J connectivity index is 2.12. The molecule has 0 atom stereocenters. The molecule has 1 amide bonds. The second kappa shape index (κ2) is 11.0. The third kappa shape index (κ3) is 5.52. The minimum Gasteiger partial charge on any atom is -0.507 e. The lowest BCUT2D eigenvalue weighted by Crippen LogP contribution is -2.10. The van der Waals surface area contributed by atoms with Gasteiger partial charge in [0.05, 0.1) is 17.9 Å². The number of benzene rings is 2. The lowest BCUT2D eigenvalue weighted by atomic mass is 9.94. The van der Waals surface area contributed by atoms with E-state index in [0.717, 1.165) is 41.8 Å². The Bertz CT molecular complexity index is 1120. The van der Waals surface area contributed by atoms with E-state index in [9.17, 15) is 9.90 Å². The van der Waals surface area contributed by atoms with Crippen molar-refractivity contribution in [3.05, 3.63) is 70.4 Å². The van der Waals surface area contributed by atoms with Gasteiger partial charge in [0.15, 0.2) is 0 Å². The number of aromatic hydroxyl groups is 1. The number of hydrogen-bond donors (Lipinski definition) is 2. The van der Waals surface area contributed by atoms with Crippen LogP contribution in [-0.4, -0.2) is 22.6 Å². The second-order valence-electron chi connectivity index (χ2n) is 7.93. The predicted octanol–water partition coefficient (Wildman–Crippen LogP) is 5.71. The highest BCUT2D eigenvalue weighted by Crippen LogP contribution is 2.36. The van der Waals surface area contributed by atoms with Gasteiger partial charge in [-0.15, -0.1) is 0 Å². The molecule has 0 saturated heterocycles. The Morgan fingerprint density at radius 1 is 1.06 bits per heavy atom. The SMILES string of the molecule is CCCOCc1c(Oc2ccc(C(N)=O)c(O)c2)cc(-c2c(CC)cccc2CC)nc1C. The number of carbonyl (C=O) groups excluding carboxylic acids is 1. The van der Waals surface area contributed by atoms with E-state index in [1.165, 1.54) is 23.3 Å². The van der Waals surface area contributed by atoms with E-state index in [0.29, 0.717) is 24.7 Å². The number of ether oxygens (including phenoxy) is 2. The molecule has 6 nitrogen and oxygen atoms in total. The van der Waals surface area contributed by atoms with Crippen LogP contribution in [0.4, 0.5) is 0 Å². The Hall–Kier alpha value is -3.38. The molecule has 0 saturated carbocycles. The van der Waals surface area contributed by atoms with Crippen LogP contribution in [0.1, 0.15) is 59.9 Å². The normalized spacial score (nSPS) is 10.9. The first-order valence-electron chi connectivity index (χ1n) is 11.4. The van der Waals surface area contributed by atoms with E-state index in [4.69, 9.17) is 20.2 Å². The highest BCUT2D eigenvalue weighted by molar-refractivity contribution is 5.95. The number of rotatable bonds is 10. The van der Waals surface area contributed by atoms with Crippen LogP contribution in [0.25, 0.3) is 11.3 Å². The zero-order valence-electron chi connectivity index (χ0n) is 19.8. The zero-order chi connectivity index (χ0) is 24.0. The third-order valence-electron chi connectivity index (χ3n) is 5.60. The van der Waals surface area contributed by atoms with Gasteiger partial charge >= 0.3 is 0 Å². The van der Waals surface area contributed by atoms with Crippen LogP contribution in [0.2, 0.25) is 0 Å². The average molecular weight is 449 g/mol. The van der Waals surface area contributed by atoms with Crippen molar-refractivity contribution in [3.8, 4) is 28.5 Å². The fraction of sp³-hybridized carbons (Fsp3) is 0.333. The van der Waals surface area contributed by atoms with Crippen molar-refractivity contribution >= 4 is 5.91 Å². The fourth-order valence-corrected chi connectivity index (χ4v) is 3.87. The molecular formula is C27H32N2O4.